The summed E-state index contributed by atoms with van der Waals surface area (Å²) in [7, 11) is 0. The summed E-state index contributed by atoms with van der Waals surface area (Å²) >= 11 is 0. The second kappa shape index (κ2) is 6.98. The highest BCUT2D eigenvalue weighted by atomic mass is 16.2. The number of carbonyl (C=O) groups excluding carboxylic acids is 3. The van der Waals surface area contributed by atoms with E-state index in [0.717, 1.165) is 11.2 Å². The van der Waals surface area contributed by atoms with Gasteiger partial charge in [0.1, 0.15) is 5.65 Å². The molecule has 0 bridgehead atoms. The number of nitrogens with zero attached hydrogens (tertiary/aromatic N) is 3. The molecular formula is C22H21N5O3. The summed E-state index contributed by atoms with van der Waals surface area (Å²) in [6, 6.07) is 8.88. The molecule has 8 nitrogen and oxygen atoms in total. The van der Waals surface area contributed by atoms with Crippen molar-refractivity contribution < 1.29 is 14.4 Å². The zero-order chi connectivity index (χ0) is 20.8. The number of fused-ring (bicyclic) bond motifs is 2. The fourth-order valence-electron chi connectivity index (χ4n) is 4.23. The van der Waals surface area contributed by atoms with Gasteiger partial charge in [0, 0.05) is 55.3 Å². The van der Waals surface area contributed by atoms with E-state index in [9.17, 15) is 14.4 Å². The number of hydrogen-bond donors (Lipinski definition) is 2. The molecule has 0 saturated carbocycles. The molecule has 3 amide bonds. The maximum atomic E-state index is 13.0. The molecule has 30 heavy (non-hydrogen) atoms. The summed E-state index contributed by atoms with van der Waals surface area (Å²) in [5.74, 6) is -0.0961. The third kappa shape index (κ3) is 3.20. The highest BCUT2D eigenvalue weighted by Gasteiger charge is 2.41. The Morgan fingerprint density at radius 1 is 1.17 bits per heavy atom. The first-order valence-corrected chi connectivity index (χ1v) is 9.91. The molecule has 2 saturated heterocycles. The van der Waals surface area contributed by atoms with Crippen molar-refractivity contribution in [3.63, 3.8) is 0 Å². The van der Waals surface area contributed by atoms with Crippen molar-refractivity contribution in [3.05, 3.63) is 65.6 Å². The van der Waals surface area contributed by atoms with Crippen LogP contribution in [-0.2, 0) is 4.79 Å². The zero-order valence-electron chi connectivity index (χ0n) is 16.5. The van der Waals surface area contributed by atoms with E-state index in [-0.39, 0.29) is 29.7 Å². The van der Waals surface area contributed by atoms with Gasteiger partial charge in [-0.25, -0.2) is 4.98 Å². The molecule has 3 aromatic rings. The van der Waals surface area contributed by atoms with E-state index in [0.29, 0.717) is 36.3 Å². The van der Waals surface area contributed by atoms with Crippen molar-refractivity contribution in [2.24, 2.45) is 5.92 Å². The predicted molar refractivity (Wildman–Crippen MR) is 110 cm³/mol. The minimum Gasteiger partial charge on any atom is -0.351 e. The van der Waals surface area contributed by atoms with E-state index in [1.165, 1.54) is 0 Å². The maximum Gasteiger partial charge on any atom is 0.257 e. The SMILES string of the molecule is Cc1ccc(C(=O)N2C[C@@H]3CC(=O)N[C@@H]3C2)cc1NC(=O)c1ccc2nccn2c1. The number of carbonyl (C=O) groups is 3. The number of pyridine rings is 1. The van der Waals surface area contributed by atoms with Crippen molar-refractivity contribution in [1.29, 1.82) is 0 Å². The molecule has 2 aliphatic heterocycles. The Labute approximate surface area is 172 Å². The van der Waals surface area contributed by atoms with E-state index >= 15 is 0 Å². The molecule has 2 atom stereocenters. The predicted octanol–water partition coefficient (Wildman–Crippen LogP) is 1.86. The van der Waals surface area contributed by atoms with Gasteiger partial charge in [-0.2, -0.15) is 0 Å². The largest absolute Gasteiger partial charge is 0.351 e. The first kappa shape index (κ1) is 18.4. The van der Waals surface area contributed by atoms with Gasteiger partial charge in [0.25, 0.3) is 11.8 Å². The van der Waals surface area contributed by atoms with Crippen LogP contribution in [0.3, 0.4) is 0 Å². The molecule has 2 fully saturated rings. The molecule has 0 radical (unpaired) electrons. The molecule has 152 valence electrons. The summed E-state index contributed by atoms with van der Waals surface area (Å²) in [6.07, 6.45) is 5.66. The number of anilines is 1. The average Bonchev–Trinajstić information content (AvgIpc) is 3.42. The first-order valence-electron chi connectivity index (χ1n) is 9.91. The molecule has 4 heterocycles. The lowest BCUT2D eigenvalue weighted by Crippen LogP contribution is -2.35. The highest BCUT2D eigenvalue weighted by Crippen LogP contribution is 2.27. The van der Waals surface area contributed by atoms with E-state index in [4.69, 9.17) is 0 Å². The third-order valence-electron chi connectivity index (χ3n) is 5.91. The summed E-state index contributed by atoms with van der Waals surface area (Å²) in [5.41, 5.74) is 3.26. The average molecular weight is 403 g/mol. The maximum absolute atomic E-state index is 13.0. The lowest BCUT2D eigenvalue weighted by molar-refractivity contribution is -0.119. The normalized spacial score (nSPS) is 20.3. The van der Waals surface area contributed by atoms with Crippen LogP contribution in [0.25, 0.3) is 5.65 Å². The number of aryl methyl sites for hydroxylation is 1. The molecule has 2 aromatic heterocycles. The lowest BCUT2D eigenvalue weighted by Gasteiger charge is -2.18. The summed E-state index contributed by atoms with van der Waals surface area (Å²) in [6.45, 7) is 2.98. The van der Waals surface area contributed by atoms with Gasteiger partial charge in [0.15, 0.2) is 0 Å². The fourth-order valence-corrected chi connectivity index (χ4v) is 4.23. The van der Waals surface area contributed by atoms with Gasteiger partial charge in [-0.05, 0) is 36.8 Å². The van der Waals surface area contributed by atoms with Gasteiger partial charge in [0.05, 0.1) is 11.6 Å². The van der Waals surface area contributed by atoms with Gasteiger partial charge >= 0.3 is 0 Å². The minimum absolute atomic E-state index is 0.0455. The topological polar surface area (TPSA) is 95.8 Å². The number of imidazole rings is 1. The second-order valence-electron chi connectivity index (χ2n) is 7.94. The lowest BCUT2D eigenvalue weighted by atomic mass is 10.1. The quantitative estimate of drug-likeness (QED) is 0.698. The van der Waals surface area contributed by atoms with Crippen LogP contribution in [0.15, 0.2) is 48.9 Å². The number of hydrogen-bond acceptors (Lipinski definition) is 4. The minimum atomic E-state index is -0.253. The Kier molecular flexibility index (Phi) is 4.27. The smallest absolute Gasteiger partial charge is 0.257 e. The number of likely N-dealkylation sites (tertiary alicyclic amines) is 1. The molecule has 0 spiro atoms. The molecule has 8 heteroatoms. The Morgan fingerprint density at radius 2 is 2.00 bits per heavy atom. The first-order chi connectivity index (χ1) is 14.5. The van der Waals surface area contributed by atoms with Gasteiger partial charge in [-0.1, -0.05) is 6.07 Å². The van der Waals surface area contributed by atoms with Crippen LogP contribution >= 0.6 is 0 Å². The third-order valence-corrected chi connectivity index (χ3v) is 5.91. The molecule has 0 unspecified atom stereocenters. The molecule has 5 rings (SSSR count). The summed E-state index contributed by atoms with van der Waals surface area (Å²) < 4.78 is 1.78. The molecular weight excluding hydrogens is 382 g/mol. The number of amides is 3. The van der Waals surface area contributed by atoms with Gasteiger partial charge in [-0.3, -0.25) is 14.4 Å². The van der Waals surface area contributed by atoms with Gasteiger partial charge < -0.3 is 19.9 Å². The van der Waals surface area contributed by atoms with E-state index in [1.54, 1.807) is 52.2 Å². The van der Waals surface area contributed by atoms with Crippen molar-refractivity contribution in [1.82, 2.24) is 19.6 Å². The van der Waals surface area contributed by atoms with Crippen LogP contribution in [0.1, 0.15) is 32.7 Å². The van der Waals surface area contributed by atoms with Gasteiger partial charge in [-0.15, -0.1) is 0 Å². The Hall–Kier alpha value is -3.68. The molecule has 1 aromatic carbocycles. The van der Waals surface area contributed by atoms with Crippen LogP contribution in [0.2, 0.25) is 0 Å². The van der Waals surface area contributed by atoms with Crippen molar-refractivity contribution in [3.8, 4) is 0 Å². The molecule has 0 aliphatic carbocycles. The molecule has 2 N–H and O–H groups in total. The zero-order valence-corrected chi connectivity index (χ0v) is 16.5. The Morgan fingerprint density at radius 3 is 2.83 bits per heavy atom. The fraction of sp³-hybridized carbons (Fsp3) is 0.273. The summed E-state index contributed by atoms with van der Waals surface area (Å²) in [5, 5.41) is 5.85. The number of rotatable bonds is 3. The molecule has 2 aliphatic rings. The monoisotopic (exact) mass is 403 g/mol. The van der Waals surface area contributed by atoms with Crippen LogP contribution < -0.4 is 10.6 Å². The highest BCUT2D eigenvalue weighted by molar-refractivity contribution is 6.05. The van der Waals surface area contributed by atoms with E-state index in [1.807, 2.05) is 13.0 Å². The van der Waals surface area contributed by atoms with Crippen LogP contribution in [0.4, 0.5) is 5.69 Å². The number of benzene rings is 1. The Bertz CT molecular complexity index is 1170. The van der Waals surface area contributed by atoms with Crippen molar-refractivity contribution in [2.75, 3.05) is 18.4 Å². The van der Waals surface area contributed by atoms with Crippen LogP contribution in [-0.4, -0.2) is 51.1 Å². The van der Waals surface area contributed by atoms with E-state index < -0.39 is 0 Å². The van der Waals surface area contributed by atoms with E-state index in [2.05, 4.69) is 15.6 Å². The number of aromatic nitrogens is 2. The van der Waals surface area contributed by atoms with Crippen LogP contribution in [0, 0.1) is 12.8 Å². The van der Waals surface area contributed by atoms with Crippen LogP contribution in [0.5, 0.6) is 0 Å². The summed E-state index contributed by atoms with van der Waals surface area (Å²) in [4.78, 5) is 43.2. The Balaban J connectivity index is 1.34. The van der Waals surface area contributed by atoms with Crippen molar-refractivity contribution >= 4 is 29.1 Å². The van der Waals surface area contributed by atoms with Crippen molar-refractivity contribution in [2.45, 2.75) is 19.4 Å². The number of nitrogens with one attached hydrogen (secondary N) is 2. The standard InChI is InChI=1S/C22H21N5O3/c1-13-2-3-14(22(30)27-11-16-9-20(28)24-18(16)12-27)8-17(13)25-21(29)15-4-5-19-23-6-7-26(19)10-15/h2-8,10,16,18H,9,11-12H2,1H3,(H,24,28)(H,25,29)/t16-,18+/m0/s1. The van der Waals surface area contributed by atoms with Gasteiger partial charge in [0.2, 0.25) is 5.91 Å². The second-order valence-corrected chi connectivity index (χ2v) is 7.94.